The number of rotatable bonds is 11. The molecule has 0 radical (unpaired) electrons. The average molecular weight is 440 g/mol. The van der Waals surface area contributed by atoms with Crippen LogP contribution in [-0.2, 0) is 9.59 Å². The summed E-state index contributed by atoms with van der Waals surface area (Å²) in [4.78, 5) is 39.4. The summed E-state index contributed by atoms with van der Waals surface area (Å²) >= 11 is 0. The van der Waals surface area contributed by atoms with Crippen molar-refractivity contribution < 1.29 is 19.5 Å². The maximum absolute atomic E-state index is 13.0. The highest BCUT2D eigenvalue weighted by molar-refractivity contribution is 5.88. The molecule has 9 nitrogen and oxygen atoms in total. The minimum atomic E-state index is -1.08. The molecule has 0 spiro atoms. The highest BCUT2D eigenvalue weighted by Gasteiger charge is 2.29. The lowest BCUT2D eigenvalue weighted by Gasteiger charge is -2.32. The van der Waals surface area contributed by atoms with E-state index in [0.29, 0.717) is 38.1 Å². The quantitative estimate of drug-likeness (QED) is 0.309. The van der Waals surface area contributed by atoms with Gasteiger partial charge in [-0.1, -0.05) is 32.1 Å². The number of nitrogens with one attached hydrogen (secondary N) is 3. The Balaban J connectivity index is 1.94. The Hall–Kier alpha value is -1.87. The number of carbonyl (C=O) groups is 3. The Bertz CT molecular complexity index is 574. The number of carboxylic acid groups (broad SMARTS) is 1. The van der Waals surface area contributed by atoms with Crippen LogP contribution in [-0.4, -0.2) is 72.7 Å². The molecule has 0 bridgehead atoms. The van der Waals surface area contributed by atoms with Crippen LogP contribution in [0.4, 0.5) is 4.79 Å². The van der Waals surface area contributed by atoms with Gasteiger partial charge in [0.1, 0.15) is 12.1 Å². The summed E-state index contributed by atoms with van der Waals surface area (Å²) < 4.78 is 0. The molecule has 1 saturated carbocycles. The van der Waals surface area contributed by atoms with Crippen LogP contribution in [0.2, 0.25) is 0 Å². The minimum absolute atomic E-state index is 0.116. The van der Waals surface area contributed by atoms with Gasteiger partial charge in [-0.25, -0.2) is 9.59 Å². The largest absolute Gasteiger partial charge is 0.480 e. The van der Waals surface area contributed by atoms with Gasteiger partial charge in [0.2, 0.25) is 5.91 Å². The van der Waals surface area contributed by atoms with Crippen molar-refractivity contribution in [1.82, 2.24) is 20.9 Å². The van der Waals surface area contributed by atoms with Crippen molar-refractivity contribution in [3.05, 3.63) is 0 Å². The Labute approximate surface area is 185 Å². The molecular weight excluding hydrogens is 398 g/mol. The number of amides is 3. The summed E-state index contributed by atoms with van der Waals surface area (Å²) in [5.41, 5.74) is 5.47. The molecule has 1 heterocycles. The van der Waals surface area contributed by atoms with Gasteiger partial charge < -0.3 is 31.7 Å². The first-order valence-electron chi connectivity index (χ1n) is 11.9. The topological polar surface area (TPSA) is 137 Å². The van der Waals surface area contributed by atoms with Gasteiger partial charge in [-0.3, -0.25) is 4.79 Å². The normalized spacial score (nSPS) is 20.6. The van der Waals surface area contributed by atoms with Crippen molar-refractivity contribution in [3.63, 3.8) is 0 Å². The first kappa shape index (κ1) is 25.4. The van der Waals surface area contributed by atoms with Gasteiger partial charge >= 0.3 is 12.0 Å². The molecule has 1 aliphatic carbocycles. The second-order valence-electron chi connectivity index (χ2n) is 9.17. The lowest BCUT2D eigenvalue weighted by molar-refractivity contribution is -0.139. The van der Waals surface area contributed by atoms with Crippen LogP contribution in [0.15, 0.2) is 0 Å². The summed E-state index contributed by atoms with van der Waals surface area (Å²) in [7, 11) is 2.07. The van der Waals surface area contributed by atoms with Crippen molar-refractivity contribution >= 4 is 17.9 Å². The van der Waals surface area contributed by atoms with Crippen LogP contribution in [0.25, 0.3) is 0 Å². The van der Waals surface area contributed by atoms with Gasteiger partial charge in [-0.2, -0.15) is 0 Å². The number of aliphatic carboxylic acids is 1. The molecule has 0 aromatic rings. The van der Waals surface area contributed by atoms with E-state index < -0.39 is 24.1 Å². The lowest BCUT2D eigenvalue weighted by atomic mass is 9.84. The van der Waals surface area contributed by atoms with Crippen LogP contribution >= 0.6 is 0 Å². The van der Waals surface area contributed by atoms with Crippen molar-refractivity contribution in [2.24, 2.45) is 11.7 Å². The molecule has 1 saturated heterocycles. The van der Waals surface area contributed by atoms with Crippen LogP contribution in [0.3, 0.4) is 0 Å². The SMILES string of the molecule is CN1CCC(NC(=O)C(CC2CCCCC2)NC(=O)NC(CCCCN)C(=O)O)CC1. The van der Waals surface area contributed by atoms with Crippen LogP contribution < -0.4 is 21.7 Å². The Morgan fingerprint density at radius 1 is 1.00 bits per heavy atom. The number of hydrogen-bond donors (Lipinski definition) is 5. The van der Waals surface area contributed by atoms with E-state index in [1.165, 1.54) is 6.42 Å². The zero-order valence-corrected chi connectivity index (χ0v) is 18.9. The summed E-state index contributed by atoms with van der Waals surface area (Å²) in [5, 5.41) is 17.8. The molecule has 3 amide bonds. The monoisotopic (exact) mass is 439 g/mol. The van der Waals surface area contributed by atoms with E-state index in [9.17, 15) is 19.5 Å². The maximum Gasteiger partial charge on any atom is 0.326 e. The third-order valence-corrected chi connectivity index (χ3v) is 6.53. The number of carboxylic acids is 1. The Morgan fingerprint density at radius 3 is 2.26 bits per heavy atom. The number of nitrogens with two attached hydrogens (primary N) is 1. The van der Waals surface area contributed by atoms with E-state index in [1.54, 1.807) is 0 Å². The fraction of sp³-hybridized carbons (Fsp3) is 0.864. The predicted molar refractivity (Wildman–Crippen MR) is 120 cm³/mol. The standard InChI is InChI=1S/C22H41N5O4/c1-27-13-10-17(11-14-27)24-20(28)19(15-16-7-3-2-4-8-16)26-22(31)25-18(21(29)30)9-5-6-12-23/h16-19H,2-15,23H2,1H3,(H,24,28)(H,29,30)(H2,25,26,31). The fourth-order valence-electron chi connectivity index (χ4n) is 4.55. The zero-order valence-electron chi connectivity index (χ0n) is 18.9. The van der Waals surface area contributed by atoms with E-state index in [1.807, 2.05) is 0 Å². The van der Waals surface area contributed by atoms with E-state index >= 15 is 0 Å². The molecular formula is C22H41N5O4. The number of carbonyl (C=O) groups excluding carboxylic acids is 2. The predicted octanol–water partition coefficient (Wildman–Crippen LogP) is 1.42. The first-order valence-corrected chi connectivity index (χ1v) is 11.9. The Morgan fingerprint density at radius 2 is 1.65 bits per heavy atom. The van der Waals surface area contributed by atoms with Crippen molar-refractivity contribution in [2.75, 3.05) is 26.7 Å². The molecule has 0 aromatic heterocycles. The van der Waals surface area contributed by atoms with E-state index in [-0.39, 0.29) is 11.9 Å². The number of piperidine rings is 1. The first-order chi connectivity index (χ1) is 14.9. The van der Waals surface area contributed by atoms with Gasteiger partial charge in [0.05, 0.1) is 0 Å². The molecule has 2 atom stereocenters. The maximum atomic E-state index is 13.0. The van der Waals surface area contributed by atoms with Crippen LogP contribution in [0.5, 0.6) is 0 Å². The molecule has 2 aliphatic rings. The van der Waals surface area contributed by atoms with Crippen LogP contribution in [0.1, 0.15) is 70.6 Å². The average Bonchev–Trinajstić information content (AvgIpc) is 2.75. The summed E-state index contributed by atoms with van der Waals surface area (Å²) in [6.07, 6.45) is 9.69. The lowest BCUT2D eigenvalue weighted by Crippen LogP contribution is -2.56. The molecule has 2 rings (SSSR count). The molecule has 2 fully saturated rings. The number of urea groups is 1. The van der Waals surface area contributed by atoms with Gasteiger partial charge in [0, 0.05) is 6.04 Å². The van der Waals surface area contributed by atoms with Crippen molar-refractivity contribution in [3.8, 4) is 0 Å². The van der Waals surface area contributed by atoms with Crippen molar-refractivity contribution in [2.45, 2.75) is 88.8 Å². The molecule has 6 N–H and O–H groups in total. The number of likely N-dealkylation sites (tertiary alicyclic amines) is 1. The third-order valence-electron chi connectivity index (χ3n) is 6.53. The van der Waals surface area contributed by atoms with Gasteiger partial charge in [0.15, 0.2) is 0 Å². The zero-order chi connectivity index (χ0) is 22.6. The highest BCUT2D eigenvalue weighted by Crippen LogP contribution is 2.27. The second-order valence-corrected chi connectivity index (χ2v) is 9.17. The Kier molecular flexibility index (Phi) is 11.1. The molecule has 1 aliphatic heterocycles. The molecule has 2 unspecified atom stereocenters. The summed E-state index contributed by atoms with van der Waals surface area (Å²) in [6.45, 7) is 2.36. The number of hydrogen-bond acceptors (Lipinski definition) is 5. The number of unbranched alkanes of at least 4 members (excludes halogenated alkanes) is 1. The summed E-state index contributed by atoms with van der Waals surface area (Å²) in [6, 6.07) is -2.12. The van der Waals surface area contributed by atoms with E-state index in [2.05, 4.69) is 27.9 Å². The van der Waals surface area contributed by atoms with Gasteiger partial charge in [-0.05, 0) is 71.1 Å². The highest BCUT2D eigenvalue weighted by atomic mass is 16.4. The molecule has 31 heavy (non-hydrogen) atoms. The smallest absolute Gasteiger partial charge is 0.326 e. The third kappa shape index (κ3) is 9.43. The number of nitrogens with zero attached hydrogens (tertiary/aromatic N) is 1. The molecule has 178 valence electrons. The molecule has 0 aromatic carbocycles. The fourth-order valence-corrected chi connectivity index (χ4v) is 4.55. The van der Waals surface area contributed by atoms with E-state index in [0.717, 1.165) is 51.6 Å². The van der Waals surface area contributed by atoms with Gasteiger partial charge in [-0.15, -0.1) is 0 Å². The van der Waals surface area contributed by atoms with Crippen LogP contribution in [0, 0.1) is 5.92 Å². The van der Waals surface area contributed by atoms with E-state index in [4.69, 9.17) is 5.73 Å². The van der Waals surface area contributed by atoms with Gasteiger partial charge in [0.25, 0.3) is 0 Å². The molecule has 9 heteroatoms. The minimum Gasteiger partial charge on any atom is -0.480 e. The summed E-state index contributed by atoms with van der Waals surface area (Å²) in [5.74, 6) is -0.834. The van der Waals surface area contributed by atoms with Crippen molar-refractivity contribution in [1.29, 1.82) is 0 Å². The second kappa shape index (κ2) is 13.5.